The zero-order valence-electron chi connectivity index (χ0n) is 20.8. The van der Waals surface area contributed by atoms with E-state index in [-0.39, 0.29) is 23.3 Å². The lowest BCUT2D eigenvalue weighted by Gasteiger charge is -2.41. The van der Waals surface area contributed by atoms with Gasteiger partial charge in [-0.05, 0) is 49.8 Å². The number of piperidine rings is 1. The molecule has 6 rings (SSSR count). The normalized spacial score (nSPS) is 24.0. The summed E-state index contributed by atoms with van der Waals surface area (Å²) in [6, 6.07) is 5.94. The van der Waals surface area contributed by atoms with E-state index in [9.17, 15) is 8.42 Å². The predicted octanol–water partition coefficient (Wildman–Crippen LogP) is 2.31. The lowest BCUT2D eigenvalue weighted by Crippen LogP contribution is -2.50. The van der Waals surface area contributed by atoms with Crippen molar-refractivity contribution in [3.63, 3.8) is 0 Å². The summed E-state index contributed by atoms with van der Waals surface area (Å²) >= 11 is 0. The molecule has 192 valence electrons. The molecule has 3 aliphatic heterocycles. The SMILES string of the molecule is C[C@@H]1OCC2(CCN(c3cnc4c(N5CCCc6c(CS(C)(=O)=O)cccc65)n[nH]c4n3)CC2)[C@@H]1N. The van der Waals surface area contributed by atoms with E-state index < -0.39 is 9.84 Å². The molecule has 10 nitrogen and oxygen atoms in total. The fraction of sp³-hybridized carbons (Fsp3) is 0.560. The number of nitrogens with two attached hydrogens (primary N) is 1. The third-order valence-electron chi connectivity index (χ3n) is 8.19. The van der Waals surface area contributed by atoms with Crippen LogP contribution in [0.3, 0.4) is 0 Å². The van der Waals surface area contributed by atoms with Gasteiger partial charge in [0.2, 0.25) is 0 Å². The standard InChI is InChI=1S/C25H33N7O3S/c1-16-22(26)25(15-35-16)8-11-31(12-9-25)20-13-27-21-23(28-20)29-30-24(21)32-10-4-6-18-17(14-36(2,33)34)5-3-7-19(18)32/h3,5,7,13,16,22H,4,6,8-12,14-15,26H2,1-2H3,(H,28,29,30)/t16-,22+/m0/s1. The van der Waals surface area contributed by atoms with Gasteiger partial charge < -0.3 is 20.3 Å². The number of sulfone groups is 1. The number of nitrogens with zero attached hydrogens (tertiary/aromatic N) is 5. The van der Waals surface area contributed by atoms with Gasteiger partial charge in [-0.1, -0.05) is 12.1 Å². The molecule has 3 aliphatic rings. The van der Waals surface area contributed by atoms with Crippen LogP contribution in [0.4, 0.5) is 17.3 Å². The Morgan fingerprint density at radius 1 is 1.25 bits per heavy atom. The summed E-state index contributed by atoms with van der Waals surface area (Å²) in [5, 5.41) is 7.67. The van der Waals surface area contributed by atoms with Crippen LogP contribution in [0, 0.1) is 5.41 Å². The highest BCUT2D eigenvalue weighted by Crippen LogP contribution is 2.42. The number of anilines is 3. The molecule has 2 aromatic heterocycles. The van der Waals surface area contributed by atoms with Gasteiger partial charge in [-0.2, -0.15) is 5.10 Å². The van der Waals surface area contributed by atoms with Gasteiger partial charge in [-0.15, -0.1) is 0 Å². The third-order valence-corrected chi connectivity index (χ3v) is 9.03. The summed E-state index contributed by atoms with van der Waals surface area (Å²) in [5.74, 6) is 1.60. The molecule has 36 heavy (non-hydrogen) atoms. The Morgan fingerprint density at radius 3 is 2.78 bits per heavy atom. The first kappa shape index (κ1) is 23.6. The fourth-order valence-electron chi connectivity index (χ4n) is 6.11. The Balaban J connectivity index is 1.26. The Bertz CT molecular complexity index is 1400. The second-order valence-corrected chi connectivity index (χ2v) is 12.7. The van der Waals surface area contributed by atoms with Crippen molar-refractivity contribution >= 4 is 38.3 Å². The molecule has 2 saturated heterocycles. The second kappa shape index (κ2) is 8.67. The Labute approximate surface area is 211 Å². The van der Waals surface area contributed by atoms with E-state index in [2.05, 4.69) is 26.9 Å². The van der Waals surface area contributed by atoms with Crippen LogP contribution >= 0.6 is 0 Å². The van der Waals surface area contributed by atoms with Gasteiger partial charge in [0.15, 0.2) is 26.8 Å². The lowest BCUT2D eigenvalue weighted by molar-refractivity contribution is 0.0974. The van der Waals surface area contributed by atoms with E-state index in [1.54, 1.807) is 0 Å². The van der Waals surface area contributed by atoms with Crippen LogP contribution in [0.25, 0.3) is 11.2 Å². The van der Waals surface area contributed by atoms with Crippen LogP contribution in [-0.4, -0.2) is 73.2 Å². The number of hydrogen-bond acceptors (Lipinski definition) is 9. The van der Waals surface area contributed by atoms with Gasteiger partial charge in [-0.3, -0.25) is 5.10 Å². The zero-order chi connectivity index (χ0) is 25.1. The molecule has 0 unspecified atom stereocenters. The van der Waals surface area contributed by atoms with Gasteiger partial charge in [0.05, 0.1) is 24.7 Å². The highest BCUT2D eigenvalue weighted by atomic mass is 32.2. The summed E-state index contributed by atoms with van der Waals surface area (Å²) in [4.78, 5) is 14.0. The zero-order valence-corrected chi connectivity index (χ0v) is 21.6. The molecule has 0 saturated carbocycles. The van der Waals surface area contributed by atoms with Crippen molar-refractivity contribution in [2.24, 2.45) is 11.1 Å². The molecule has 11 heteroatoms. The van der Waals surface area contributed by atoms with Gasteiger partial charge >= 0.3 is 0 Å². The minimum absolute atomic E-state index is 0.0432. The van der Waals surface area contributed by atoms with Crippen molar-refractivity contribution in [2.45, 2.75) is 50.5 Å². The first-order chi connectivity index (χ1) is 17.2. The highest BCUT2D eigenvalue weighted by molar-refractivity contribution is 7.89. The topological polar surface area (TPSA) is 130 Å². The second-order valence-electron chi connectivity index (χ2n) is 10.6. The van der Waals surface area contributed by atoms with Crippen molar-refractivity contribution in [1.29, 1.82) is 0 Å². The first-order valence-electron chi connectivity index (χ1n) is 12.6. The summed E-state index contributed by atoms with van der Waals surface area (Å²) in [6.45, 7) is 5.32. The Morgan fingerprint density at radius 2 is 2.06 bits per heavy atom. The van der Waals surface area contributed by atoms with Crippen molar-refractivity contribution < 1.29 is 13.2 Å². The fourth-order valence-corrected chi connectivity index (χ4v) is 6.94. The molecule has 2 fully saturated rings. The number of ether oxygens (including phenoxy) is 1. The lowest BCUT2D eigenvalue weighted by atomic mass is 9.73. The molecule has 3 N–H and O–H groups in total. The third kappa shape index (κ3) is 4.03. The maximum Gasteiger partial charge on any atom is 0.183 e. The highest BCUT2D eigenvalue weighted by Gasteiger charge is 2.47. The van der Waals surface area contributed by atoms with Crippen LogP contribution in [0.1, 0.15) is 37.3 Å². The molecular formula is C25H33N7O3S. The van der Waals surface area contributed by atoms with Crippen molar-refractivity contribution in [3.8, 4) is 0 Å². The summed E-state index contributed by atoms with van der Waals surface area (Å²) in [7, 11) is -3.13. The van der Waals surface area contributed by atoms with Crippen molar-refractivity contribution in [3.05, 3.63) is 35.5 Å². The molecule has 1 aromatic carbocycles. The molecule has 5 heterocycles. The van der Waals surface area contributed by atoms with E-state index >= 15 is 0 Å². The summed E-state index contributed by atoms with van der Waals surface area (Å²) in [6.07, 6.45) is 6.93. The minimum Gasteiger partial charge on any atom is -0.376 e. The molecular weight excluding hydrogens is 478 g/mol. The Kier molecular flexibility index (Phi) is 5.69. The minimum atomic E-state index is -3.13. The predicted molar refractivity (Wildman–Crippen MR) is 139 cm³/mol. The quantitative estimate of drug-likeness (QED) is 0.542. The maximum absolute atomic E-state index is 12.0. The van der Waals surface area contributed by atoms with Crippen LogP contribution in [0.15, 0.2) is 24.4 Å². The number of nitrogens with one attached hydrogen (secondary N) is 1. The van der Waals surface area contributed by atoms with E-state index in [1.807, 2.05) is 24.4 Å². The molecule has 0 radical (unpaired) electrons. The average Bonchev–Trinajstić information content (AvgIpc) is 3.40. The van der Waals surface area contributed by atoms with Crippen LogP contribution < -0.4 is 15.5 Å². The molecule has 0 amide bonds. The summed E-state index contributed by atoms with van der Waals surface area (Å²) in [5.41, 5.74) is 10.8. The molecule has 3 aromatic rings. The van der Waals surface area contributed by atoms with Gasteiger partial charge in [0, 0.05) is 43.0 Å². The molecule has 1 spiro atoms. The van der Waals surface area contributed by atoms with E-state index in [1.165, 1.54) is 6.26 Å². The molecule has 0 bridgehead atoms. The molecule has 0 aliphatic carbocycles. The Hall–Kier alpha value is -2.76. The largest absolute Gasteiger partial charge is 0.376 e. The number of aromatic nitrogens is 4. The number of hydrogen-bond donors (Lipinski definition) is 2. The number of H-pyrrole nitrogens is 1. The number of benzene rings is 1. The van der Waals surface area contributed by atoms with Crippen LogP contribution in [0.2, 0.25) is 0 Å². The smallest absolute Gasteiger partial charge is 0.183 e. The van der Waals surface area contributed by atoms with Crippen molar-refractivity contribution in [1.82, 2.24) is 20.2 Å². The van der Waals surface area contributed by atoms with E-state index in [0.29, 0.717) is 11.2 Å². The van der Waals surface area contributed by atoms with Gasteiger partial charge in [0.1, 0.15) is 5.82 Å². The molecule has 2 atom stereocenters. The van der Waals surface area contributed by atoms with E-state index in [0.717, 1.165) is 80.4 Å². The van der Waals surface area contributed by atoms with Gasteiger partial charge in [0.25, 0.3) is 0 Å². The number of fused-ring (bicyclic) bond motifs is 2. The van der Waals surface area contributed by atoms with E-state index in [4.69, 9.17) is 20.4 Å². The first-order valence-corrected chi connectivity index (χ1v) is 14.7. The van der Waals surface area contributed by atoms with Crippen molar-refractivity contribution in [2.75, 3.05) is 42.3 Å². The number of aromatic amines is 1. The van der Waals surface area contributed by atoms with Gasteiger partial charge in [-0.25, -0.2) is 18.4 Å². The number of rotatable bonds is 4. The van der Waals surface area contributed by atoms with Crippen LogP contribution in [-0.2, 0) is 26.7 Å². The monoisotopic (exact) mass is 511 g/mol. The van der Waals surface area contributed by atoms with Crippen LogP contribution in [0.5, 0.6) is 0 Å². The average molecular weight is 512 g/mol. The summed E-state index contributed by atoms with van der Waals surface area (Å²) < 4.78 is 29.8. The maximum atomic E-state index is 12.0.